The number of aromatic amines is 1. The first-order valence-corrected chi connectivity index (χ1v) is 7.27. The molecule has 102 valence electrons. The Morgan fingerprint density at radius 3 is 3.00 bits per heavy atom. The molecule has 0 aliphatic heterocycles. The van der Waals surface area contributed by atoms with Crippen LogP contribution in [-0.4, -0.2) is 19.7 Å². The van der Waals surface area contributed by atoms with Crippen LogP contribution in [0.4, 0.5) is 0 Å². The second-order valence-electron chi connectivity index (χ2n) is 5.66. The Kier molecular flexibility index (Phi) is 2.62. The van der Waals surface area contributed by atoms with Gasteiger partial charge in [0.05, 0.1) is 0 Å². The minimum absolute atomic E-state index is 0.620. The molecule has 0 radical (unpaired) electrons. The van der Waals surface area contributed by atoms with E-state index in [0.717, 1.165) is 24.6 Å². The van der Waals surface area contributed by atoms with Gasteiger partial charge in [-0.2, -0.15) is 5.10 Å². The smallest absolute Gasteiger partial charge is 0.153 e. The molecule has 4 rings (SSSR count). The summed E-state index contributed by atoms with van der Waals surface area (Å²) in [7, 11) is 0. The molecule has 2 heterocycles. The van der Waals surface area contributed by atoms with Gasteiger partial charge in [-0.3, -0.25) is 5.10 Å². The fourth-order valence-electron chi connectivity index (χ4n) is 2.81. The maximum atomic E-state index is 4.60. The Hall–Kier alpha value is -2.10. The molecule has 1 aliphatic carbocycles. The highest BCUT2D eigenvalue weighted by Gasteiger charge is 2.27. The zero-order valence-electron chi connectivity index (χ0n) is 11.6. The van der Waals surface area contributed by atoms with Gasteiger partial charge in [-0.1, -0.05) is 18.2 Å². The van der Waals surface area contributed by atoms with Crippen molar-refractivity contribution in [1.82, 2.24) is 19.7 Å². The zero-order valence-corrected chi connectivity index (χ0v) is 11.6. The topological polar surface area (TPSA) is 46.5 Å². The second-order valence-corrected chi connectivity index (χ2v) is 5.66. The summed E-state index contributed by atoms with van der Waals surface area (Å²) < 4.78 is 2.36. The molecule has 0 atom stereocenters. The first-order valence-electron chi connectivity index (χ1n) is 7.27. The number of H-pyrrole nitrogens is 1. The summed E-state index contributed by atoms with van der Waals surface area (Å²) >= 11 is 0. The monoisotopic (exact) mass is 266 g/mol. The van der Waals surface area contributed by atoms with Gasteiger partial charge < -0.3 is 4.57 Å². The quantitative estimate of drug-likeness (QED) is 0.788. The van der Waals surface area contributed by atoms with E-state index in [1.807, 2.05) is 0 Å². The predicted molar refractivity (Wildman–Crippen MR) is 78.7 cm³/mol. The number of rotatable bonds is 4. The molecule has 2 aromatic heterocycles. The van der Waals surface area contributed by atoms with Crippen molar-refractivity contribution in [2.24, 2.45) is 0 Å². The first-order chi connectivity index (χ1) is 9.81. The van der Waals surface area contributed by atoms with Gasteiger partial charge in [0.1, 0.15) is 5.82 Å². The minimum Gasteiger partial charge on any atom is -0.344 e. The number of hydrogen-bond donors (Lipinski definition) is 1. The number of benzene rings is 1. The van der Waals surface area contributed by atoms with Crippen molar-refractivity contribution < 1.29 is 0 Å². The van der Waals surface area contributed by atoms with Gasteiger partial charge in [0.25, 0.3) is 0 Å². The van der Waals surface area contributed by atoms with Gasteiger partial charge in [0.15, 0.2) is 5.82 Å². The van der Waals surface area contributed by atoms with Gasteiger partial charge in [-0.25, -0.2) is 4.98 Å². The van der Waals surface area contributed by atoms with Gasteiger partial charge in [-0.05, 0) is 37.3 Å². The highest BCUT2D eigenvalue weighted by Crippen LogP contribution is 2.37. The highest BCUT2D eigenvalue weighted by molar-refractivity contribution is 5.81. The number of para-hydroxylation sites is 1. The molecule has 1 saturated carbocycles. The third-order valence-electron chi connectivity index (χ3n) is 4.08. The maximum Gasteiger partial charge on any atom is 0.153 e. The number of aryl methyl sites for hydroxylation is 3. The molecule has 0 bridgehead atoms. The van der Waals surface area contributed by atoms with Crippen LogP contribution < -0.4 is 0 Å². The summed E-state index contributed by atoms with van der Waals surface area (Å²) in [6.07, 6.45) is 3.40. The third kappa shape index (κ3) is 2.01. The van der Waals surface area contributed by atoms with E-state index in [-0.39, 0.29) is 0 Å². The number of fused-ring (bicyclic) bond motifs is 1. The molecule has 20 heavy (non-hydrogen) atoms. The fraction of sp³-hybridized carbons (Fsp3) is 0.375. The standard InChI is InChI=1S/C16H18N4/c1-11-10-13-4-2-3-5-14(13)20(11)9-8-15-17-16(19-18-15)12-6-7-12/h2-5,10,12H,6-9H2,1H3,(H,17,18,19). The molecule has 4 heteroatoms. The molecular formula is C16H18N4. The average Bonchev–Trinajstić information content (AvgIpc) is 3.11. The van der Waals surface area contributed by atoms with Crippen LogP contribution in [0, 0.1) is 6.92 Å². The van der Waals surface area contributed by atoms with E-state index in [4.69, 9.17) is 0 Å². The molecule has 3 aromatic rings. The number of nitrogens with one attached hydrogen (secondary N) is 1. The molecule has 1 N–H and O–H groups in total. The van der Waals surface area contributed by atoms with E-state index in [1.54, 1.807) is 0 Å². The maximum absolute atomic E-state index is 4.60. The molecular weight excluding hydrogens is 248 g/mol. The Labute approximate surface area is 117 Å². The van der Waals surface area contributed by atoms with Crippen LogP contribution in [0.25, 0.3) is 10.9 Å². The average molecular weight is 266 g/mol. The fourth-order valence-corrected chi connectivity index (χ4v) is 2.81. The van der Waals surface area contributed by atoms with Crippen LogP contribution in [0.2, 0.25) is 0 Å². The van der Waals surface area contributed by atoms with Crippen LogP contribution in [0.1, 0.15) is 36.1 Å². The van der Waals surface area contributed by atoms with Gasteiger partial charge in [-0.15, -0.1) is 0 Å². The minimum atomic E-state index is 0.620. The van der Waals surface area contributed by atoms with Crippen LogP contribution in [0.3, 0.4) is 0 Å². The highest BCUT2D eigenvalue weighted by atomic mass is 15.2. The zero-order chi connectivity index (χ0) is 13.5. The molecule has 1 aromatic carbocycles. The molecule has 1 aliphatic rings. The molecule has 1 fully saturated rings. The number of aromatic nitrogens is 4. The summed E-state index contributed by atoms with van der Waals surface area (Å²) in [6, 6.07) is 10.8. The summed E-state index contributed by atoms with van der Waals surface area (Å²) in [5.74, 6) is 2.63. The number of hydrogen-bond acceptors (Lipinski definition) is 2. The van der Waals surface area contributed by atoms with Crippen LogP contribution in [-0.2, 0) is 13.0 Å². The van der Waals surface area contributed by atoms with E-state index in [0.29, 0.717) is 5.92 Å². The van der Waals surface area contributed by atoms with Crippen molar-refractivity contribution >= 4 is 10.9 Å². The first kappa shape index (κ1) is 11.7. The Morgan fingerprint density at radius 1 is 1.30 bits per heavy atom. The van der Waals surface area contributed by atoms with Gasteiger partial charge in [0, 0.05) is 30.1 Å². The summed E-state index contributed by atoms with van der Waals surface area (Å²) in [5.41, 5.74) is 2.60. The van der Waals surface area contributed by atoms with Gasteiger partial charge >= 0.3 is 0 Å². The van der Waals surface area contributed by atoms with E-state index in [1.165, 1.54) is 29.4 Å². The van der Waals surface area contributed by atoms with Gasteiger partial charge in [0.2, 0.25) is 0 Å². The van der Waals surface area contributed by atoms with E-state index >= 15 is 0 Å². The van der Waals surface area contributed by atoms with Crippen LogP contribution in [0.5, 0.6) is 0 Å². The van der Waals surface area contributed by atoms with Crippen LogP contribution in [0.15, 0.2) is 30.3 Å². The Morgan fingerprint density at radius 2 is 2.15 bits per heavy atom. The van der Waals surface area contributed by atoms with Crippen molar-refractivity contribution in [2.45, 2.75) is 38.6 Å². The summed E-state index contributed by atoms with van der Waals surface area (Å²) in [6.45, 7) is 3.11. The lowest BCUT2D eigenvalue weighted by molar-refractivity contribution is 0.679. The predicted octanol–water partition coefficient (Wildman–Crippen LogP) is 3.19. The Bertz CT molecular complexity index is 749. The van der Waals surface area contributed by atoms with Crippen molar-refractivity contribution in [2.75, 3.05) is 0 Å². The summed E-state index contributed by atoms with van der Waals surface area (Å²) in [5, 5.41) is 8.71. The van der Waals surface area contributed by atoms with E-state index < -0.39 is 0 Å². The molecule has 0 amide bonds. The van der Waals surface area contributed by atoms with E-state index in [9.17, 15) is 0 Å². The molecule has 4 nitrogen and oxygen atoms in total. The largest absolute Gasteiger partial charge is 0.344 e. The van der Waals surface area contributed by atoms with Crippen molar-refractivity contribution in [3.8, 4) is 0 Å². The Balaban J connectivity index is 1.56. The van der Waals surface area contributed by atoms with Crippen molar-refractivity contribution in [1.29, 1.82) is 0 Å². The summed E-state index contributed by atoms with van der Waals surface area (Å²) in [4.78, 5) is 4.60. The molecule has 0 saturated heterocycles. The van der Waals surface area contributed by atoms with E-state index in [2.05, 4.69) is 57.0 Å². The lowest BCUT2D eigenvalue weighted by Crippen LogP contribution is -2.04. The SMILES string of the molecule is Cc1cc2ccccc2n1CCc1nc(C2CC2)n[nH]1. The third-order valence-corrected chi connectivity index (χ3v) is 4.08. The molecule has 0 unspecified atom stereocenters. The van der Waals surface area contributed by atoms with Crippen molar-refractivity contribution in [3.05, 3.63) is 47.7 Å². The lowest BCUT2D eigenvalue weighted by Gasteiger charge is -2.06. The second kappa shape index (κ2) is 4.47. The van der Waals surface area contributed by atoms with Crippen molar-refractivity contribution in [3.63, 3.8) is 0 Å². The van der Waals surface area contributed by atoms with Crippen LogP contribution >= 0.6 is 0 Å². The normalized spacial score (nSPS) is 15.1. The molecule has 0 spiro atoms. The number of nitrogens with zero attached hydrogens (tertiary/aromatic N) is 3. The lowest BCUT2D eigenvalue weighted by atomic mass is 10.2.